The molecule has 2 heterocycles. The topological polar surface area (TPSA) is 69.6 Å². The van der Waals surface area contributed by atoms with Crippen LogP contribution in [0.25, 0.3) is 0 Å². The van der Waals surface area contributed by atoms with Crippen molar-refractivity contribution in [2.24, 2.45) is 5.92 Å². The summed E-state index contributed by atoms with van der Waals surface area (Å²) >= 11 is 1.47. The third-order valence-corrected chi connectivity index (χ3v) is 4.70. The van der Waals surface area contributed by atoms with Gasteiger partial charge < -0.3 is 15.3 Å². The van der Waals surface area contributed by atoms with E-state index >= 15 is 0 Å². The number of carbonyl (C=O) groups is 2. The Hall–Kier alpha value is -1.40. The Kier molecular flexibility index (Phi) is 5.36. The number of carbonyl (C=O) groups excluding carboxylic acids is 1. The Morgan fingerprint density at radius 1 is 1.43 bits per heavy atom. The number of nitrogens with one attached hydrogen (secondary N) is 1. The summed E-state index contributed by atoms with van der Waals surface area (Å²) in [6.07, 6.45) is 1.91. The van der Waals surface area contributed by atoms with Crippen LogP contribution in [0.5, 0.6) is 0 Å². The number of carboxylic acids is 1. The highest BCUT2D eigenvalue weighted by molar-refractivity contribution is 7.10. The van der Waals surface area contributed by atoms with Gasteiger partial charge in [0, 0.05) is 41.9 Å². The van der Waals surface area contributed by atoms with Gasteiger partial charge in [0.1, 0.15) is 0 Å². The fourth-order valence-corrected chi connectivity index (χ4v) is 3.31. The number of hydrogen-bond acceptors (Lipinski definition) is 4. The molecule has 6 heteroatoms. The summed E-state index contributed by atoms with van der Waals surface area (Å²) in [5.41, 5.74) is 0.356. The molecular formula is C15H22N2O3S. The lowest BCUT2D eigenvalue weighted by atomic mass is 10.0. The summed E-state index contributed by atoms with van der Waals surface area (Å²) in [7, 11) is 0. The smallest absolute Gasteiger partial charge is 0.336 e. The van der Waals surface area contributed by atoms with E-state index in [2.05, 4.69) is 5.32 Å². The molecule has 116 valence electrons. The van der Waals surface area contributed by atoms with Gasteiger partial charge in [-0.15, -0.1) is 11.3 Å². The first-order valence-electron chi connectivity index (χ1n) is 7.30. The van der Waals surface area contributed by atoms with E-state index in [0.29, 0.717) is 18.2 Å². The molecule has 1 fully saturated rings. The number of carboxylic acid groups (broad SMARTS) is 1. The van der Waals surface area contributed by atoms with Gasteiger partial charge in [-0.25, -0.2) is 4.79 Å². The molecule has 0 radical (unpaired) electrons. The van der Waals surface area contributed by atoms with Gasteiger partial charge in [0.25, 0.3) is 0 Å². The minimum absolute atomic E-state index is 0.0649. The Balaban J connectivity index is 1.76. The minimum Gasteiger partial charge on any atom is -0.478 e. The maximum absolute atomic E-state index is 11.9. The van der Waals surface area contributed by atoms with Crippen LogP contribution in [0.1, 0.15) is 41.9 Å². The molecule has 0 bridgehead atoms. The van der Waals surface area contributed by atoms with E-state index in [4.69, 9.17) is 5.11 Å². The zero-order valence-corrected chi connectivity index (χ0v) is 13.3. The second-order valence-electron chi connectivity index (χ2n) is 5.74. The van der Waals surface area contributed by atoms with Crippen LogP contribution in [-0.4, -0.2) is 41.0 Å². The molecule has 0 atom stereocenters. The van der Waals surface area contributed by atoms with Crippen molar-refractivity contribution in [3.63, 3.8) is 0 Å². The van der Waals surface area contributed by atoms with Crippen LogP contribution in [0.2, 0.25) is 0 Å². The predicted molar refractivity (Wildman–Crippen MR) is 82.6 cm³/mol. The van der Waals surface area contributed by atoms with E-state index in [-0.39, 0.29) is 11.8 Å². The average Bonchev–Trinajstić information content (AvgIpc) is 2.94. The molecule has 0 aromatic carbocycles. The quantitative estimate of drug-likeness (QED) is 0.874. The number of rotatable bonds is 5. The van der Waals surface area contributed by atoms with Crippen LogP contribution >= 0.6 is 11.3 Å². The molecule has 0 aliphatic carbocycles. The summed E-state index contributed by atoms with van der Waals surface area (Å²) in [5, 5.41) is 14.0. The van der Waals surface area contributed by atoms with Crippen LogP contribution in [-0.2, 0) is 11.3 Å². The Labute approximate surface area is 129 Å². The minimum atomic E-state index is -0.877. The molecular weight excluding hydrogens is 288 g/mol. The summed E-state index contributed by atoms with van der Waals surface area (Å²) in [6, 6.07) is 2.12. The molecule has 2 rings (SSSR count). The largest absolute Gasteiger partial charge is 0.478 e. The van der Waals surface area contributed by atoms with E-state index in [0.717, 1.165) is 30.8 Å². The SMILES string of the molecule is CC(C)C(=O)N1CCC(NCc2cc(C(=O)O)cs2)CC1. The van der Waals surface area contributed by atoms with Crippen molar-refractivity contribution in [1.82, 2.24) is 10.2 Å². The van der Waals surface area contributed by atoms with E-state index in [1.165, 1.54) is 11.3 Å². The first-order chi connectivity index (χ1) is 9.97. The predicted octanol–water partition coefficient (Wildman–Crippen LogP) is 2.18. The Bertz CT molecular complexity index is 505. The number of piperidine rings is 1. The number of amides is 1. The second kappa shape index (κ2) is 7.04. The van der Waals surface area contributed by atoms with Crippen molar-refractivity contribution in [3.05, 3.63) is 21.9 Å². The van der Waals surface area contributed by atoms with Gasteiger partial charge in [-0.1, -0.05) is 13.8 Å². The van der Waals surface area contributed by atoms with E-state index in [9.17, 15) is 9.59 Å². The molecule has 1 aliphatic rings. The molecule has 1 amide bonds. The van der Waals surface area contributed by atoms with Gasteiger partial charge in [-0.05, 0) is 18.9 Å². The molecule has 21 heavy (non-hydrogen) atoms. The van der Waals surface area contributed by atoms with Gasteiger partial charge in [0.15, 0.2) is 0 Å². The van der Waals surface area contributed by atoms with Crippen LogP contribution in [0, 0.1) is 5.92 Å². The number of aromatic carboxylic acids is 1. The van der Waals surface area contributed by atoms with Gasteiger partial charge in [-0.3, -0.25) is 4.79 Å². The van der Waals surface area contributed by atoms with Crippen LogP contribution in [0.3, 0.4) is 0 Å². The Morgan fingerprint density at radius 3 is 2.62 bits per heavy atom. The summed E-state index contributed by atoms with van der Waals surface area (Å²) in [5.74, 6) is -0.578. The second-order valence-corrected chi connectivity index (χ2v) is 6.74. The lowest BCUT2D eigenvalue weighted by molar-refractivity contribution is -0.135. The first-order valence-corrected chi connectivity index (χ1v) is 8.18. The fraction of sp³-hybridized carbons (Fsp3) is 0.600. The van der Waals surface area contributed by atoms with E-state index in [1.54, 1.807) is 11.4 Å². The highest BCUT2D eigenvalue weighted by Crippen LogP contribution is 2.17. The van der Waals surface area contributed by atoms with Crippen molar-refractivity contribution in [3.8, 4) is 0 Å². The fourth-order valence-electron chi connectivity index (χ4n) is 2.50. The number of nitrogens with zero attached hydrogens (tertiary/aromatic N) is 1. The zero-order valence-electron chi connectivity index (χ0n) is 12.5. The highest BCUT2D eigenvalue weighted by atomic mass is 32.1. The summed E-state index contributed by atoms with van der Waals surface area (Å²) in [4.78, 5) is 25.7. The highest BCUT2D eigenvalue weighted by Gasteiger charge is 2.23. The molecule has 1 aromatic heterocycles. The number of thiophene rings is 1. The third-order valence-electron chi connectivity index (χ3n) is 3.77. The standard InChI is InChI=1S/C15H22N2O3S/c1-10(2)14(18)17-5-3-12(4-6-17)16-8-13-7-11(9-21-13)15(19)20/h7,9-10,12,16H,3-6,8H2,1-2H3,(H,19,20). The zero-order chi connectivity index (χ0) is 15.4. The monoisotopic (exact) mass is 310 g/mol. The van der Waals surface area contributed by atoms with E-state index in [1.807, 2.05) is 18.7 Å². The van der Waals surface area contributed by atoms with Crippen molar-refractivity contribution in [2.75, 3.05) is 13.1 Å². The lowest BCUT2D eigenvalue weighted by Crippen LogP contribution is -2.45. The van der Waals surface area contributed by atoms with Crippen molar-refractivity contribution in [2.45, 2.75) is 39.3 Å². The van der Waals surface area contributed by atoms with Gasteiger partial charge >= 0.3 is 5.97 Å². The maximum Gasteiger partial charge on any atom is 0.336 e. The van der Waals surface area contributed by atoms with Gasteiger partial charge in [0.2, 0.25) is 5.91 Å². The van der Waals surface area contributed by atoms with E-state index < -0.39 is 5.97 Å². The van der Waals surface area contributed by atoms with Crippen LogP contribution in [0.15, 0.2) is 11.4 Å². The van der Waals surface area contributed by atoms with Gasteiger partial charge in [-0.2, -0.15) is 0 Å². The molecule has 1 aliphatic heterocycles. The molecule has 2 N–H and O–H groups in total. The maximum atomic E-state index is 11.9. The molecule has 1 saturated heterocycles. The number of likely N-dealkylation sites (tertiary alicyclic amines) is 1. The molecule has 0 saturated carbocycles. The molecule has 0 unspecified atom stereocenters. The van der Waals surface area contributed by atoms with Gasteiger partial charge in [0.05, 0.1) is 5.56 Å². The molecule has 1 aromatic rings. The Morgan fingerprint density at radius 2 is 2.10 bits per heavy atom. The first kappa shape index (κ1) is 16.0. The normalized spacial score (nSPS) is 16.4. The number of hydrogen-bond donors (Lipinski definition) is 2. The van der Waals surface area contributed by atoms with Crippen molar-refractivity contribution >= 4 is 23.2 Å². The van der Waals surface area contributed by atoms with Crippen molar-refractivity contribution in [1.29, 1.82) is 0 Å². The van der Waals surface area contributed by atoms with Crippen LogP contribution < -0.4 is 5.32 Å². The van der Waals surface area contributed by atoms with Crippen LogP contribution in [0.4, 0.5) is 0 Å². The average molecular weight is 310 g/mol. The van der Waals surface area contributed by atoms with Crippen molar-refractivity contribution < 1.29 is 14.7 Å². The lowest BCUT2D eigenvalue weighted by Gasteiger charge is -2.33. The summed E-state index contributed by atoms with van der Waals surface area (Å²) < 4.78 is 0. The summed E-state index contributed by atoms with van der Waals surface area (Å²) in [6.45, 7) is 6.17. The molecule has 0 spiro atoms. The molecule has 5 nitrogen and oxygen atoms in total. The third kappa shape index (κ3) is 4.28.